The molecule has 0 unspecified atom stereocenters. The number of para-hydroxylation sites is 1. The Balaban J connectivity index is 1.83. The summed E-state index contributed by atoms with van der Waals surface area (Å²) in [6, 6.07) is 11.1. The van der Waals surface area contributed by atoms with Gasteiger partial charge < -0.3 is 9.73 Å². The predicted octanol–water partition coefficient (Wildman–Crippen LogP) is 4.82. The number of hydrogen-bond donors (Lipinski definition) is 1. The highest BCUT2D eigenvalue weighted by Crippen LogP contribution is 2.33. The van der Waals surface area contributed by atoms with Crippen LogP contribution in [0.3, 0.4) is 0 Å². The number of nitrogens with zero attached hydrogens (tertiary/aromatic N) is 3. The van der Waals surface area contributed by atoms with Gasteiger partial charge in [0.05, 0.1) is 12.5 Å². The van der Waals surface area contributed by atoms with Crippen LogP contribution in [0.4, 0.5) is 18.9 Å². The molecule has 0 spiro atoms. The molecule has 0 radical (unpaired) electrons. The highest BCUT2D eigenvalue weighted by Gasteiger charge is 2.36. The van der Waals surface area contributed by atoms with E-state index in [4.69, 9.17) is 4.42 Å². The number of nitrogens with one attached hydrogen (secondary N) is 1. The van der Waals surface area contributed by atoms with Crippen LogP contribution in [0, 0.1) is 0 Å². The molecule has 29 heavy (non-hydrogen) atoms. The fourth-order valence-corrected chi connectivity index (χ4v) is 3.02. The molecule has 9 heteroatoms. The first kappa shape index (κ1) is 18.7. The summed E-state index contributed by atoms with van der Waals surface area (Å²) in [4.78, 5) is 17.0. The van der Waals surface area contributed by atoms with Crippen LogP contribution < -0.4 is 5.32 Å². The van der Waals surface area contributed by atoms with E-state index in [-0.39, 0.29) is 22.7 Å². The standard InChI is InChI=1S/C20H15F3N4O2/c1-2-12-6-3-4-7-14(12)26-19(28)13-11-24-27-17(20(21,22)23)10-15(25-18(13)27)16-8-5-9-29-16/h3-11H,2H2,1H3,(H,26,28). The molecule has 0 saturated carbocycles. The van der Waals surface area contributed by atoms with Crippen molar-refractivity contribution in [1.29, 1.82) is 0 Å². The number of fused-ring (bicyclic) bond motifs is 1. The van der Waals surface area contributed by atoms with Gasteiger partial charge in [-0.15, -0.1) is 0 Å². The van der Waals surface area contributed by atoms with Gasteiger partial charge in [-0.1, -0.05) is 25.1 Å². The summed E-state index contributed by atoms with van der Waals surface area (Å²) in [5, 5.41) is 6.49. The zero-order chi connectivity index (χ0) is 20.6. The van der Waals surface area contributed by atoms with Gasteiger partial charge in [-0.05, 0) is 36.2 Å². The van der Waals surface area contributed by atoms with Crippen molar-refractivity contribution in [3.8, 4) is 11.5 Å². The first-order valence-corrected chi connectivity index (χ1v) is 8.77. The summed E-state index contributed by atoms with van der Waals surface area (Å²) >= 11 is 0. The lowest BCUT2D eigenvalue weighted by molar-refractivity contribution is -0.142. The quantitative estimate of drug-likeness (QED) is 0.533. The summed E-state index contributed by atoms with van der Waals surface area (Å²) in [6.07, 6.45) is -1.60. The van der Waals surface area contributed by atoms with E-state index >= 15 is 0 Å². The van der Waals surface area contributed by atoms with Gasteiger partial charge >= 0.3 is 6.18 Å². The lowest BCUT2D eigenvalue weighted by Crippen LogP contribution is -2.16. The van der Waals surface area contributed by atoms with Crippen molar-refractivity contribution < 1.29 is 22.4 Å². The van der Waals surface area contributed by atoms with Gasteiger partial charge in [0, 0.05) is 5.69 Å². The summed E-state index contributed by atoms with van der Waals surface area (Å²) in [5.74, 6) is -0.444. The van der Waals surface area contributed by atoms with Gasteiger partial charge in [0.1, 0.15) is 11.3 Å². The number of carbonyl (C=O) groups excluding carboxylic acids is 1. The number of aryl methyl sites for hydroxylation is 1. The zero-order valence-corrected chi connectivity index (χ0v) is 15.2. The maximum atomic E-state index is 13.6. The highest BCUT2D eigenvalue weighted by molar-refractivity contribution is 6.08. The van der Waals surface area contributed by atoms with Crippen LogP contribution in [0.5, 0.6) is 0 Å². The molecule has 1 amide bonds. The molecule has 0 aliphatic heterocycles. The lowest BCUT2D eigenvalue weighted by Gasteiger charge is -2.11. The van der Waals surface area contributed by atoms with Gasteiger partial charge in [-0.25, -0.2) is 9.50 Å². The number of furan rings is 1. The maximum Gasteiger partial charge on any atom is 0.433 e. The highest BCUT2D eigenvalue weighted by atomic mass is 19.4. The summed E-state index contributed by atoms with van der Waals surface area (Å²) in [6.45, 7) is 1.94. The monoisotopic (exact) mass is 400 g/mol. The van der Waals surface area contributed by atoms with Gasteiger partial charge in [-0.2, -0.15) is 18.3 Å². The molecule has 6 nitrogen and oxygen atoms in total. The Hall–Kier alpha value is -3.62. The normalized spacial score (nSPS) is 11.7. The summed E-state index contributed by atoms with van der Waals surface area (Å²) in [7, 11) is 0. The molecule has 0 fully saturated rings. The van der Waals surface area contributed by atoms with E-state index in [1.165, 1.54) is 12.3 Å². The molecule has 4 aromatic rings. The fraction of sp³-hybridized carbons (Fsp3) is 0.150. The van der Waals surface area contributed by atoms with Gasteiger partial charge in [0.15, 0.2) is 17.1 Å². The van der Waals surface area contributed by atoms with Crippen LogP contribution >= 0.6 is 0 Å². The Labute approximate surface area is 163 Å². The van der Waals surface area contributed by atoms with Crippen LogP contribution in [-0.4, -0.2) is 20.5 Å². The number of anilines is 1. The minimum absolute atomic E-state index is 0.0432. The van der Waals surface area contributed by atoms with Crippen LogP contribution in [-0.2, 0) is 12.6 Å². The minimum Gasteiger partial charge on any atom is -0.463 e. The molecule has 0 atom stereocenters. The number of carbonyl (C=O) groups is 1. The molecule has 0 bridgehead atoms. The smallest absolute Gasteiger partial charge is 0.433 e. The lowest BCUT2D eigenvalue weighted by atomic mass is 10.1. The number of halogens is 3. The number of rotatable bonds is 4. The summed E-state index contributed by atoms with van der Waals surface area (Å²) in [5.41, 5.74) is 0.0999. The van der Waals surface area contributed by atoms with Crippen LogP contribution in [0.25, 0.3) is 17.1 Å². The van der Waals surface area contributed by atoms with Gasteiger partial charge in [-0.3, -0.25) is 4.79 Å². The van der Waals surface area contributed by atoms with E-state index in [1.54, 1.807) is 18.2 Å². The van der Waals surface area contributed by atoms with Crippen LogP contribution in [0.2, 0.25) is 0 Å². The van der Waals surface area contributed by atoms with Crippen LogP contribution in [0.15, 0.2) is 59.3 Å². The zero-order valence-electron chi connectivity index (χ0n) is 15.2. The molecule has 3 aromatic heterocycles. The number of amides is 1. The molecule has 1 aromatic carbocycles. The van der Waals surface area contributed by atoms with Crippen molar-refractivity contribution in [2.45, 2.75) is 19.5 Å². The number of alkyl halides is 3. The predicted molar refractivity (Wildman–Crippen MR) is 99.5 cm³/mol. The molecule has 148 valence electrons. The third-order valence-corrected chi connectivity index (χ3v) is 4.43. The molecular weight excluding hydrogens is 385 g/mol. The van der Waals surface area contributed by atoms with Gasteiger partial charge in [0.25, 0.3) is 5.91 Å². The number of hydrogen-bond acceptors (Lipinski definition) is 4. The Bertz CT molecular complexity index is 1180. The first-order valence-electron chi connectivity index (χ1n) is 8.77. The molecule has 4 rings (SSSR count). The summed E-state index contributed by atoms with van der Waals surface area (Å²) < 4.78 is 46.5. The van der Waals surface area contributed by atoms with Crippen molar-refractivity contribution in [3.63, 3.8) is 0 Å². The van der Waals surface area contributed by atoms with Crippen molar-refractivity contribution in [2.24, 2.45) is 0 Å². The van der Waals surface area contributed by atoms with E-state index in [2.05, 4.69) is 15.4 Å². The largest absolute Gasteiger partial charge is 0.463 e. The topological polar surface area (TPSA) is 72.4 Å². The van der Waals surface area contributed by atoms with E-state index in [0.29, 0.717) is 16.6 Å². The second-order valence-electron chi connectivity index (χ2n) is 6.26. The Morgan fingerprint density at radius 1 is 1.21 bits per heavy atom. The van der Waals surface area contributed by atoms with E-state index in [0.717, 1.165) is 17.8 Å². The second-order valence-corrected chi connectivity index (χ2v) is 6.26. The SMILES string of the molecule is CCc1ccccc1NC(=O)c1cnn2c(C(F)(F)F)cc(-c3ccco3)nc12. The third kappa shape index (κ3) is 3.46. The van der Waals surface area contributed by atoms with E-state index in [9.17, 15) is 18.0 Å². The molecule has 1 N–H and O–H groups in total. The third-order valence-electron chi connectivity index (χ3n) is 4.43. The minimum atomic E-state index is -4.70. The van der Waals surface area contributed by atoms with Crippen molar-refractivity contribution in [1.82, 2.24) is 14.6 Å². The molecule has 3 heterocycles. The molecule has 0 aliphatic rings. The molecule has 0 aliphatic carbocycles. The Morgan fingerprint density at radius 2 is 2.00 bits per heavy atom. The van der Waals surface area contributed by atoms with Gasteiger partial charge in [0.2, 0.25) is 0 Å². The maximum absolute atomic E-state index is 13.6. The number of aromatic nitrogens is 3. The second kappa shape index (κ2) is 7.08. The Kier molecular flexibility index (Phi) is 4.57. The average Bonchev–Trinajstić information content (AvgIpc) is 3.36. The van der Waals surface area contributed by atoms with Crippen LogP contribution in [0.1, 0.15) is 28.5 Å². The first-order chi connectivity index (χ1) is 13.9. The molecular formula is C20H15F3N4O2. The number of benzene rings is 1. The Morgan fingerprint density at radius 3 is 2.69 bits per heavy atom. The van der Waals surface area contributed by atoms with E-state index in [1.807, 2.05) is 19.1 Å². The van der Waals surface area contributed by atoms with Crippen molar-refractivity contribution >= 4 is 17.2 Å². The van der Waals surface area contributed by atoms with E-state index < -0.39 is 17.8 Å². The van der Waals surface area contributed by atoms with Crippen molar-refractivity contribution in [2.75, 3.05) is 5.32 Å². The average molecular weight is 400 g/mol. The van der Waals surface area contributed by atoms with Crippen molar-refractivity contribution in [3.05, 3.63) is 71.7 Å². The molecule has 0 saturated heterocycles. The fourth-order valence-electron chi connectivity index (χ4n) is 3.02.